The molecule has 0 saturated heterocycles. The van der Waals surface area contributed by atoms with Crippen molar-refractivity contribution in [1.29, 1.82) is 0 Å². The Hall–Kier alpha value is -2.06. The molecule has 0 heterocycles. The Bertz CT molecular complexity index is 640. The molecule has 0 bridgehead atoms. The summed E-state index contributed by atoms with van der Waals surface area (Å²) in [5.41, 5.74) is 6.31. The first kappa shape index (κ1) is 24.0. The first-order chi connectivity index (χ1) is 13.3. The fraction of sp³-hybridized carbons (Fsp3) is 0.550. The summed E-state index contributed by atoms with van der Waals surface area (Å²) in [5.74, 6) is -1.99. The van der Waals surface area contributed by atoms with Gasteiger partial charge in [-0.15, -0.1) is 0 Å². The third-order valence-electron chi connectivity index (χ3n) is 4.38. The van der Waals surface area contributed by atoms with Gasteiger partial charge in [0.15, 0.2) is 0 Å². The fourth-order valence-corrected chi connectivity index (χ4v) is 2.72. The molecule has 8 heteroatoms. The number of nitrogens with one attached hydrogen (secondary N) is 2. The maximum atomic E-state index is 12.7. The Kier molecular flexibility index (Phi) is 10.6. The zero-order valence-electron chi connectivity index (χ0n) is 16.4. The molecule has 0 aliphatic rings. The number of thiol groups is 1. The number of nitrogens with two attached hydrogens (primary N) is 1. The average Bonchev–Trinajstić information content (AvgIpc) is 2.66. The Balaban J connectivity index is 2.83. The van der Waals surface area contributed by atoms with E-state index in [-0.39, 0.29) is 18.2 Å². The lowest BCUT2D eigenvalue weighted by atomic mass is 10.0. The molecular weight excluding hydrogens is 378 g/mol. The van der Waals surface area contributed by atoms with Crippen LogP contribution in [0.15, 0.2) is 30.3 Å². The average molecular weight is 410 g/mol. The third kappa shape index (κ3) is 8.31. The summed E-state index contributed by atoms with van der Waals surface area (Å²) < 4.78 is 0. The third-order valence-corrected chi connectivity index (χ3v) is 5.21. The van der Waals surface area contributed by atoms with E-state index in [0.29, 0.717) is 25.8 Å². The first-order valence-corrected chi connectivity index (χ1v) is 10.0. The summed E-state index contributed by atoms with van der Waals surface area (Å²) >= 11 is 4.28. The number of rotatable bonds is 12. The Morgan fingerprint density at radius 3 is 2.18 bits per heavy atom. The van der Waals surface area contributed by atoms with Crippen molar-refractivity contribution in [3.05, 3.63) is 35.9 Å². The molecule has 0 radical (unpaired) electrons. The van der Waals surface area contributed by atoms with E-state index in [1.54, 1.807) is 12.1 Å². The summed E-state index contributed by atoms with van der Waals surface area (Å²) in [4.78, 5) is 36.7. The molecule has 0 aromatic heterocycles. The van der Waals surface area contributed by atoms with Crippen LogP contribution in [-0.2, 0) is 20.8 Å². The van der Waals surface area contributed by atoms with E-state index in [0.717, 1.165) is 5.56 Å². The van der Waals surface area contributed by atoms with Crippen LogP contribution in [0.1, 0.15) is 38.7 Å². The zero-order valence-corrected chi connectivity index (χ0v) is 17.3. The van der Waals surface area contributed by atoms with Crippen molar-refractivity contribution in [3.8, 4) is 0 Å². The van der Waals surface area contributed by atoms with E-state index in [1.165, 1.54) is 0 Å². The van der Waals surface area contributed by atoms with Crippen LogP contribution in [0.25, 0.3) is 0 Å². The van der Waals surface area contributed by atoms with Crippen LogP contribution in [0, 0.1) is 5.92 Å². The second-order valence-corrected chi connectivity index (χ2v) is 7.68. The van der Waals surface area contributed by atoms with E-state index >= 15 is 0 Å². The quantitative estimate of drug-likeness (QED) is 0.264. The van der Waals surface area contributed by atoms with E-state index in [1.807, 2.05) is 32.0 Å². The Labute approximate surface area is 171 Å². The van der Waals surface area contributed by atoms with Gasteiger partial charge in [-0.25, -0.2) is 4.79 Å². The molecule has 2 amide bonds. The minimum atomic E-state index is -1.13. The van der Waals surface area contributed by atoms with Gasteiger partial charge in [-0.1, -0.05) is 44.2 Å². The molecule has 3 unspecified atom stereocenters. The maximum Gasteiger partial charge on any atom is 0.326 e. The number of carboxylic acids is 1. The second kappa shape index (κ2) is 12.4. The lowest BCUT2D eigenvalue weighted by molar-refractivity contribution is -0.142. The van der Waals surface area contributed by atoms with Crippen LogP contribution < -0.4 is 16.4 Å². The van der Waals surface area contributed by atoms with Gasteiger partial charge in [0.1, 0.15) is 12.1 Å². The molecule has 28 heavy (non-hydrogen) atoms. The second-order valence-electron chi connectivity index (χ2n) is 7.12. The number of carbonyl (C=O) groups excluding carboxylic acids is 2. The smallest absolute Gasteiger partial charge is 0.326 e. The molecule has 7 nitrogen and oxygen atoms in total. The maximum absolute atomic E-state index is 12.7. The molecular formula is C20H31N3O4S. The van der Waals surface area contributed by atoms with Gasteiger partial charge < -0.3 is 21.5 Å². The lowest BCUT2D eigenvalue weighted by Gasteiger charge is -2.23. The number of unbranched alkanes of at least 4 members (excludes halogenated alkanes) is 1. The topological polar surface area (TPSA) is 122 Å². The van der Waals surface area contributed by atoms with Crippen molar-refractivity contribution in [2.24, 2.45) is 11.7 Å². The molecule has 0 aliphatic carbocycles. The SMILES string of the molecule is CC(C)C(S)C(=O)NC(CCCCN)C(=O)NC(Cc1ccccc1)C(=O)O. The van der Waals surface area contributed by atoms with Crippen molar-refractivity contribution in [1.82, 2.24) is 10.6 Å². The summed E-state index contributed by atoms with van der Waals surface area (Å²) in [6.45, 7) is 4.21. The van der Waals surface area contributed by atoms with E-state index in [2.05, 4.69) is 23.3 Å². The largest absolute Gasteiger partial charge is 0.480 e. The minimum Gasteiger partial charge on any atom is -0.480 e. The highest BCUT2D eigenvalue weighted by Gasteiger charge is 2.28. The molecule has 3 atom stereocenters. The van der Waals surface area contributed by atoms with E-state index in [4.69, 9.17) is 5.73 Å². The molecule has 1 rings (SSSR count). The van der Waals surface area contributed by atoms with Gasteiger partial charge in [-0.2, -0.15) is 12.6 Å². The van der Waals surface area contributed by atoms with Crippen LogP contribution >= 0.6 is 12.6 Å². The van der Waals surface area contributed by atoms with Crippen LogP contribution in [0.2, 0.25) is 0 Å². The highest BCUT2D eigenvalue weighted by Crippen LogP contribution is 2.11. The number of hydrogen-bond acceptors (Lipinski definition) is 5. The van der Waals surface area contributed by atoms with Crippen molar-refractivity contribution < 1.29 is 19.5 Å². The molecule has 0 spiro atoms. The molecule has 1 aromatic rings. The lowest BCUT2D eigenvalue weighted by Crippen LogP contribution is -2.53. The van der Waals surface area contributed by atoms with Crippen LogP contribution in [0.5, 0.6) is 0 Å². The highest BCUT2D eigenvalue weighted by molar-refractivity contribution is 7.81. The van der Waals surface area contributed by atoms with Crippen molar-refractivity contribution in [2.75, 3.05) is 6.54 Å². The van der Waals surface area contributed by atoms with Gasteiger partial charge in [0.2, 0.25) is 11.8 Å². The molecule has 0 saturated carbocycles. The zero-order chi connectivity index (χ0) is 21.1. The summed E-state index contributed by atoms with van der Waals surface area (Å²) in [6, 6.07) is 7.15. The van der Waals surface area contributed by atoms with E-state index in [9.17, 15) is 19.5 Å². The van der Waals surface area contributed by atoms with Gasteiger partial charge in [0.05, 0.1) is 5.25 Å². The Morgan fingerprint density at radius 1 is 1.04 bits per heavy atom. The van der Waals surface area contributed by atoms with Crippen LogP contribution in [0.3, 0.4) is 0 Å². The number of hydrogen-bond donors (Lipinski definition) is 5. The predicted octanol–water partition coefficient (Wildman–Crippen LogP) is 1.37. The summed E-state index contributed by atoms with van der Waals surface area (Å²) in [6.07, 6.45) is 1.89. The number of carbonyl (C=O) groups is 3. The van der Waals surface area contributed by atoms with Crippen molar-refractivity contribution in [2.45, 2.75) is 56.9 Å². The van der Waals surface area contributed by atoms with Gasteiger partial charge >= 0.3 is 5.97 Å². The molecule has 0 aliphatic heterocycles. The first-order valence-electron chi connectivity index (χ1n) is 9.51. The molecule has 5 N–H and O–H groups in total. The molecule has 156 valence electrons. The summed E-state index contributed by atoms with van der Waals surface area (Å²) in [7, 11) is 0. The van der Waals surface area contributed by atoms with Gasteiger partial charge in [-0.3, -0.25) is 9.59 Å². The van der Waals surface area contributed by atoms with Crippen LogP contribution in [-0.4, -0.2) is 46.8 Å². The number of aliphatic carboxylic acids is 1. The number of carboxylic acid groups (broad SMARTS) is 1. The number of amides is 2. The Morgan fingerprint density at radius 2 is 1.64 bits per heavy atom. The highest BCUT2D eigenvalue weighted by atomic mass is 32.1. The standard InChI is InChI=1S/C20H31N3O4S/c1-13(2)17(28)19(25)22-15(10-6-7-11-21)18(24)23-16(20(26)27)12-14-8-4-3-5-9-14/h3-5,8-9,13,15-17,28H,6-7,10-12,21H2,1-2H3,(H,22,25)(H,23,24)(H,26,27). The predicted molar refractivity (Wildman–Crippen MR) is 112 cm³/mol. The van der Waals surface area contributed by atoms with Gasteiger partial charge in [0, 0.05) is 6.42 Å². The molecule has 1 aromatic carbocycles. The van der Waals surface area contributed by atoms with E-state index < -0.39 is 29.2 Å². The monoisotopic (exact) mass is 409 g/mol. The number of benzene rings is 1. The summed E-state index contributed by atoms with van der Waals surface area (Å²) in [5, 5.41) is 14.2. The minimum absolute atomic E-state index is 0.000866. The van der Waals surface area contributed by atoms with Gasteiger partial charge in [0.25, 0.3) is 0 Å². The van der Waals surface area contributed by atoms with Crippen molar-refractivity contribution >= 4 is 30.4 Å². The molecule has 0 fully saturated rings. The van der Waals surface area contributed by atoms with Crippen molar-refractivity contribution in [3.63, 3.8) is 0 Å². The normalized spacial score (nSPS) is 14.2. The fourth-order valence-electron chi connectivity index (χ4n) is 2.64. The van der Waals surface area contributed by atoms with Gasteiger partial charge in [-0.05, 0) is 37.3 Å². The van der Waals surface area contributed by atoms with Crippen LogP contribution in [0.4, 0.5) is 0 Å².